The molecule has 116 valence electrons. The van der Waals surface area contributed by atoms with Crippen LogP contribution in [0.4, 0.5) is 5.69 Å². The zero-order valence-electron chi connectivity index (χ0n) is 12.1. The molecule has 6 heteroatoms. The van der Waals surface area contributed by atoms with Crippen LogP contribution in [0.2, 0.25) is 5.02 Å². The van der Waals surface area contributed by atoms with E-state index in [0.717, 1.165) is 18.7 Å². The minimum atomic E-state index is -0.149. The number of hydrogen-bond acceptors (Lipinski definition) is 3. The van der Waals surface area contributed by atoms with Crippen LogP contribution in [-0.4, -0.2) is 35.5 Å². The zero-order chi connectivity index (χ0) is 15.4. The highest BCUT2D eigenvalue weighted by atomic mass is 35.5. The van der Waals surface area contributed by atoms with Crippen LogP contribution in [-0.2, 0) is 6.54 Å². The highest BCUT2D eigenvalue weighted by molar-refractivity contribution is 7.99. The molecule has 0 unspecified atom stereocenters. The molecule has 1 aromatic carbocycles. The van der Waals surface area contributed by atoms with E-state index < -0.39 is 0 Å². The van der Waals surface area contributed by atoms with Crippen LogP contribution < -0.4 is 10.2 Å². The van der Waals surface area contributed by atoms with Gasteiger partial charge in [0.25, 0.3) is 5.91 Å². The van der Waals surface area contributed by atoms with Gasteiger partial charge in [-0.2, -0.15) is 11.8 Å². The van der Waals surface area contributed by atoms with E-state index in [1.807, 2.05) is 11.8 Å². The Kier molecular flexibility index (Phi) is 4.95. The van der Waals surface area contributed by atoms with E-state index >= 15 is 0 Å². The van der Waals surface area contributed by atoms with E-state index in [1.54, 1.807) is 12.3 Å². The summed E-state index contributed by atoms with van der Waals surface area (Å²) in [4.78, 5) is 17.2. The highest BCUT2D eigenvalue weighted by Gasteiger charge is 2.11. The van der Waals surface area contributed by atoms with Crippen molar-refractivity contribution in [3.63, 3.8) is 0 Å². The molecule has 0 saturated carbocycles. The van der Waals surface area contributed by atoms with E-state index in [2.05, 4.69) is 39.5 Å². The molecule has 1 amide bonds. The lowest BCUT2D eigenvalue weighted by Gasteiger charge is -2.28. The summed E-state index contributed by atoms with van der Waals surface area (Å²) >= 11 is 7.80. The predicted molar refractivity (Wildman–Crippen MR) is 93.0 cm³/mol. The molecule has 3 rings (SSSR count). The van der Waals surface area contributed by atoms with Crippen molar-refractivity contribution in [2.45, 2.75) is 6.54 Å². The average Bonchev–Trinajstić information content (AvgIpc) is 3.00. The fourth-order valence-electron chi connectivity index (χ4n) is 2.42. The van der Waals surface area contributed by atoms with Gasteiger partial charge in [-0.15, -0.1) is 0 Å². The van der Waals surface area contributed by atoms with Crippen molar-refractivity contribution in [1.82, 2.24) is 10.3 Å². The summed E-state index contributed by atoms with van der Waals surface area (Å²) in [6.45, 7) is 2.72. The number of thioether (sulfide) groups is 1. The smallest absolute Gasteiger partial charge is 0.268 e. The van der Waals surface area contributed by atoms with E-state index in [0.29, 0.717) is 17.3 Å². The zero-order valence-corrected chi connectivity index (χ0v) is 13.7. The second kappa shape index (κ2) is 7.11. The number of H-pyrrole nitrogens is 1. The molecule has 1 aliphatic heterocycles. The van der Waals surface area contributed by atoms with Crippen LogP contribution in [0, 0.1) is 0 Å². The number of halogens is 1. The lowest BCUT2D eigenvalue weighted by Crippen LogP contribution is -2.32. The minimum absolute atomic E-state index is 0.149. The Morgan fingerprint density at radius 2 is 2.00 bits per heavy atom. The van der Waals surface area contributed by atoms with E-state index in [-0.39, 0.29) is 5.91 Å². The maximum Gasteiger partial charge on any atom is 0.268 e. The molecule has 2 N–H and O–H groups in total. The van der Waals surface area contributed by atoms with Gasteiger partial charge < -0.3 is 15.2 Å². The first kappa shape index (κ1) is 15.3. The first-order valence-corrected chi connectivity index (χ1v) is 8.79. The van der Waals surface area contributed by atoms with Gasteiger partial charge in [0, 0.05) is 43.0 Å². The van der Waals surface area contributed by atoms with Crippen molar-refractivity contribution in [3.8, 4) is 0 Å². The standard InChI is InChI=1S/C16H18ClN3OS/c17-13-9-15(18-11-13)16(21)19-10-12-1-3-14(4-2-12)20-5-7-22-8-6-20/h1-4,9,11,18H,5-8,10H2,(H,19,21). The molecule has 4 nitrogen and oxygen atoms in total. The number of hydrogen-bond donors (Lipinski definition) is 2. The van der Waals surface area contributed by atoms with Crippen LogP contribution in [0.15, 0.2) is 36.5 Å². The van der Waals surface area contributed by atoms with Crippen LogP contribution in [0.3, 0.4) is 0 Å². The molecule has 22 heavy (non-hydrogen) atoms. The van der Waals surface area contributed by atoms with E-state index in [1.165, 1.54) is 17.2 Å². The van der Waals surface area contributed by atoms with Crippen LogP contribution in [0.25, 0.3) is 0 Å². The molecule has 2 aromatic rings. The molecule has 2 heterocycles. The Morgan fingerprint density at radius 1 is 1.27 bits per heavy atom. The maximum atomic E-state index is 11.9. The Labute approximate surface area is 139 Å². The Morgan fingerprint density at radius 3 is 2.64 bits per heavy atom. The first-order chi connectivity index (χ1) is 10.7. The summed E-state index contributed by atoms with van der Waals surface area (Å²) in [6, 6.07) is 10.0. The van der Waals surface area contributed by atoms with Crippen molar-refractivity contribution in [2.75, 3.05) is 29.5 Å². The maximum absolute atomic E-state index is 11.9. The molecule has 0 bridgehead atoms. The molecular formula is C16H18ClN3OS. The number of anilines is 1. The third-order valence-electron chi connectivity index (χ3n) is 3.66. The van der Waals surface area contributed by atoms with Crippen LogP contribution in [0.5, 0.6) is 0 Å². The lowest BCUT2D eigenvalue weighted by atomic mass is 10.2. The number of benzene rings is 1. The summed E-state index contributed by atoms with van der Waals surface area (Å²) in [6.07, 6.45) is 1.60. The Bertz CT molecular complexity index is 635. The quantitative estimate of drug-likeness (QED) is 0.902. The topological polar surface area (TPSA) is 48.1 Å². The number of rotatable bonds is 4. The number of carbonyl (C=O) groups excluding carboxylic acids is 1. The third kappa shape index (κ3) is 3.78. The summed E-state index contributed by atoms with van der Waals surface area (Å²) in [5.41, 5.74) is 2.82. The molecule has 0 atom stereocenters. The Hall–Kier alpha value is -1.59. The fourth-order valence-corrected chi connectivity index (χ4v) is 3.49. The third-order valence-corrected chi connectivity index (χ3v) is 4.82. The number of nitrogens with one attached hydrogen (secondary N) is 2. The van der Waals surface area contributed by atoms with Gasteiger partial charge >= 0.3 is 0 Å². The van der Waals surface area contributed by atoms with Crippen molar-refractivity contribution >= 4 is 35.0 Å². The summed E-state index contributed by atoms with van der Waals surface area (Å²) in [7, 11) is 0. The van der Waals surface area contributed by atoms with Gasteiger partial charge in [-0.25, -0.2) is 0 Å². The average molecular weight is 336 g/mol. The van der Waals surface area contributed by atoms with Crippen molar-refractivity contribution in [3.05, 3.63) is 52.8 Å². The molecule has 0 aliphatic carbocycles. The summed E-state index contributed by atoms with van der Waals surface area (Å²) in [5.74, 6) is 2.23. The number of aromatic amines is 1. The van der Waals surface area contributed by atoms with Gasteiger partial charge in [-0.1, -0.05) is 23.7 Å². The second-order valence-corrected chi connectivity index (χ2v) is 6.84. The van der Waals surface area contributed by atoms with Crippen molar-refractivity contribution in [1.29, 1.82) is 0 Å². The molecule has 1 fully saturated rings. The normalized spacial score (nSPS) is 14.9. The SMILES string of the molecule is O=C(NCc1ccc(N2CCSCC2)cc1)c1cc(Cl)c[nH]1. The largest absolute Gasteiger partial charge is 0.370 e. The van der Waals surface area contributed by atoms with Gasteiger partial charge in [-0.3, -0.25) is 4.79 Å². The molecule has 0 radical (unpaired) electrons. The van der Waals surface area contributed by atoms with Gasteiger partial charge in [0.05, 0.1) is 5.02 Å². The molecular weight excluding hydrogens is 318 g/mol. The highest BCUT2D eigenvalue weighted by Crippen LogP contribution is 2.19. The number of carbonyl (C=O) groups is 1. The minimum Gasteiger partial charge on any atom is -0.370 e. The van der Waals surface area contributed by atoms with Gasteiger partial charge in [0.15, 0.2) is 0 Å². The molecule has 0 spiro atoms. The van der Waals surface area contributed by atoms with Crippen molar-refractivity contribution in [2.24, 2.45) is 0 Å². The second-order valence-electron chi connectivity index (χ2n) is 5.18. The molecule has 1 aliphatic rings. The first-order valence-electron chi connectivity index (χ1n) is 7.26. The fraction of sp³-hybridized carbons (Fsp3) is 0.312. The summed E-state index contributed by atoms with van der Waals surface area (Å²) in [5, 5.41) is 3.42. The van der Waals surface area contributed by atoms with Gasteiger partial charge in [-0.05, 0) is 23.8 Å². The van der Waals surface area contributed by atoms with Crippen LogP contribution in [0.1, 0.15) is 16.1 Å². The van der Waals surface area contributed by atoms with Gasteiger partial charge in [0.1, 0.15) is 5.69 Å². The lowest BCUT2D eigenvalue weighted by molar-refractivity contribution is 0.0946. The van der Waals surface area contributed by atoms with E-state index in [9.17, 15) is 4.79 Å². The number of amides is 1. The van der Waals surface area contributed by atoms with Gasteiger partial charge in [0.2, 0.25) is 0 Å². The number of aromatic nitrogens is 1. The van der Waals surface area contributed by atoms with E-state index in [4.69, 9.17) is 11.6 Å². The Balaban J connectivity index is 1.55. The monoisotopic (exact) mass is 335 g/mol. The van der Waals surface area contributed by atoms with Crippen molar-refractivity contribution < 1.29 is 4.79 Å². The molecule has 1 aromatic heterocycles. The number of nitrogens with zero attached hydrogens (tertiary/aromatic N) is 1. The summed E-state index contributed by atoms with van der Waals surface area (Å²) < 4.78 is 0. The molecule has 1 saturated heterocycles. The van der Waals surface area contributed by atoms with Crippen LogP contribution >= 0.6 is 23.4 Å². The predicted octanol–water partition coefficient (Wildman–Crippen LogP) is 3.15.